The third-order valence-electron chi connectivity index (χ3n) is 4.54. The van der Waals surface area contributed by atoms with Crippen molar-refractivity contribution in [2.24, 2.45) is 0 Å². The second kappa shape index (κ2) is 7.53. The van der Waals surface area contributed by atoms with Crippen molar-refractivity contribution in [3.05, 3.63) is 53.3 Å². The number of ether oxygens (including phenoxy) is 2. The van der Waals surface area contributed by atoms with Gasteiger partial charge >= 0.3 is 0 Å². The minimum Gasteiger partial charge on any atom is -0.497 e. The standard InChI is InChI=1S/C19H22N2O4/c1-24-15-6-7-18(25-2)16(10-15)13-8-9-21(11-13)19(23)17-5-3-4-14(12-22)20-17/h3-7,10,13,22H,8-9,11-12H2,1-2H3/t13-/m1/s1. The topological polar surface area (TPSA) is 71.9 Å². The molecule has 2 aromatic rings. The molecule has 1 fully saturated rings. The van der Waals surface area contributed by atoms with Gasteiger partial charge in [-0.25, -0.2) is 4.98 Å². The molecule has 0 unspecified atom stereocenters. The van der Waals surface area contributed by atoms with Crippen LogP contribution in [0.15, 0.2) is 36.4 Å². The summed E-state index contributed by atoms with van der Waals surface area (Å²) in [6.45, 7) is 1.09. The second-order valence-corrected chi connectivity index (χ2v) is 6.02. The first-order valence-corrected chi connectivity index (χ1v) is 8.24. The lowest BCUT2D eigenvalue weighted by atomic mass is 9.97. The number of hydrogen-bond donors (Lipinski definition) is 1. The van der Waals surface area contributed by atoms with E-state index in [2.05, 4.69) is 4.98 Å². The highest BCUT2D eigenvalue weighted by Gasteiger charge is 2.30. The van der Waals surface area contributed by atoms with E-state index in [4.69, 9.17) is 9.47 Å². The number of aliphatic hydroxyl groups is 1. The number of benzene rings is 1. The fourth-order valence-corrected chi connectivity index (χ4v) is 3.21. The van der Waals surface area contributed by atoms with Gasteiger partial charge in [-0.3, -0.25) is 4.79 Å². The summed E-state index contributed by atoms with van der Waals surface area (Å²) < 4.78 is 10.8. The number of rotatable bonds is 5. The Morgan fingerprint density at radius 1 is 1.28 bits per heavy atom. The summed E-state index contributed by atoms with van der Waals surface area (Å²) in [5.41, 5.74) is 1.91. The van der Waals surface area contributed by atoms with Crippen molar-refractivity contribution >= 4 is 5.91 Å². The number of carbonyl (C=O) groups is 1. The predicted molar refractivity (Wildman–Crippen MR) is 93.0 cm³/mol. The Morgan fingerprint density at radius 2 is 2.12 bits per heavy atom. The number of amides is 1. The van der Waals surface area contributed by atoms with Gasteiger partial charge in [0.05, 0.1) is 26.5 Å². The molecule has 0 saturated carbocycles. The highest BCUT2D eigenvalue weighted by molar-refractivity contribution is 5.92. The molecule has 1 aromatic heterocycles. The van der Waals surface area contributed by atoms with Crippen molar-refractivity contribution in [3.8, 4) is 11.5 Å². The quantitative estimate of drug-likeness (QED) is 0.902. The monoisotopic (exact) mass is 342 g/mol. The molecule has 1 atom stereocenters. The van der Waals surface area contributed by atoms with Crippen LogP contribution in [0.2, 0.25) is 0 Å². The molecule has 6 nitrogen and oxygen atoms in total. The van der Waals surface area contributed by atoms with Gasteiger partial charge < -0.3 is 19.5 Å². The third-order valence-corrected chi connectivity index (χ3v) is 4.54. The molecule has 132 valence electrons. The summed E-state index contributed by atoms with van der Waals surface area (Å²) in [7, 11) is 3.28. The van der Waals surface area contributed by atoms with E-state index >= 15 is 0 Å². The lowest BCUT2D eigenvalue weighted by molar-refractivity contribution is 0.0784. The molecule has 0 bridgehead atoms. The molecule has 1 aliphatic rings. The number of aromatic nitrogens is 1. The zero-order valence-corrected chi connectivity index (χ0v) is 14.4. The van der Waals surface area contributed by atoms with Gasteiger partial charge in [0.25, 0.3) is 5.91 Å². The van der Waals surface area contributed by atoms with Crippen molar-refractivity contribution in [1.29, 1.82) is 0 Å². The molecule has 2 heterocycles. The largest absolute Gasteiger partial charge is 0.497 e. The van der Waals surface area contributed by atoms with Gasteiger partial charge in [0, 0.05) is 24.6 Å². The van der Waals surface area contributed by atoms with Crippen molar-refractivity contribution in [3.63, 3.8) is 0 Å². The Balaban J connectivity index is 1.78. The van der Waals surface area contributed by atoms with Crippen LogP contribution >= 0.6 is 0 Å². The highest BCUT2D eigenvalue weighted by Crippen LogP contribution is 2.36. The van der Waals surface area contributed by atoms with E-state index in [0.717, 1.165) is 23.5 Å². The summed E-state index contributed by atoms with van der Waals surface area (Å²) in [6.07, 6.45) is 0.856. The van der Waals surface area contributed by atoms with Crippen molar-refractivity contribution < 1.29 is 19.4 Å². The fourth-order valence-electron chi connectivity index (χ4n) is 3.21. The lowest BCUT2D eigenvalue weighted by Gasteiger charge is -2.18. The smallest absolute Gasteiger partial charge is 0.272 e. The van der Waals surface area contributed by atoms with Gasteiger partial charge in [-0.2, -0.15) is 0 Å². The van der Waals surface area contributed by atoms with E-state index in [1.807, 2.05) is 18.2 Å². The Kier molecular flexibility index (Phi) is 5.19. The summed E-state index contributed by atoms with van der Waals surface area (Å²) in [5.74, 6) is 1.66. The molecule has 1 N–H and O–H groups in total. The first-order chi connectivity index (χ1) is 12.2. The van der Waals surface area contributed by atoms with Crippen LogP contribution in [-0.2, 0) is 6.61 Å². The molecule has 0 aliphatic carbocycles. The van der Waals surface area contributed by atoms with Crippen LogP contribution in [0.1, 0.15) is 34.1 Å². The maximum absolute atomic E-state index is 12.7. The summed E-state index contributed by atoms with van der Waals surface area (Å²) >= 11 is 0. The maximum Gasteiger partial charge on any atom is 0.272 e. The number of methoxy groups -OCH3 is 2. The average molecular weight is 342 g/mol. The number of hydrogen-bond acceptors (Lipinski definition) is 5. The van der Waals surface area contributed by atoms with Crippen LogP contribution in [0.4, 0.5) is 0 Å². The molecule has 25 heavy (non-hydrogen) atoms. The van der Waals surface area contributed by atoms with Crippen LogP contribution in [0.5, 0.6) is 11.5 Å². The number of pyridine rings is 1. The van der Waals surface area contributed by atoms with Crippen LogP contribution in [0.25, 0.3) is 0 Å². The summed E-state index contributed by atoms with van der Waals surface area (Å²) in [5, 5.41) is 9.19. The Hall–Kier alpha value is -2.60. The molecule has 1 aliphatic heterocycles. The van der Waals surface area contributed by atoms with Gasteiger partial charge in [0.15, 0.2) is 0 Å². The van der Waals surface area contributed by atoms with Gasteiger partial charge in [0.2, 0.25) is 0 Å². The van der Waals surface area contributed by atoms with E-state index < -0.39 is 0 Å². The van der Waals surface area contributed by atoms with E-state index in [1.165, 1.54) is 0 Å². The molecule has 6 heteroatoms. The summed E-state index contributed by atoms with van der Waals surface area (Å²) in [6, 6.07) is 10.9. The van der Waals surface area contributed by atoms with Crippen LogP contribution < -0.4 is 9.47 Å². The zero-order chi connectivity index (χ0) is 17.8. The van der Waals surface area contributed by atoms with Crippen molar-refractivity contribution in [2.75, 3.05) is 27.3 Å². The minimum absolute atomic E-state index is 0.111. The molecular weight excluding hydrogens is 320 g/mol. The Bertz CT molecular complexity index is 763. The highest BCUT2D eigenvalue weighted by atomic mass is 16.5. The van der Waals surface area contributed by atoms with E-state index in [0.29, 0.717) is 24.5 Å². The molecule has 1 saturated heterocycles. The maximum atomic E-state index is 12.7. The van der Waals surface area contributed by atoms with Crippen LogP contribution in [0, 0.1) is 0 Å². The molecule has 0 radical (unpaired) electrons. The van der Waals surface area contributed by atoms with Crippen molar-refractivity contribution in [2.45, 2.75) is 18.9 Å². The molecular formula is C19H22N2O4. The lowest BCUT2D eigenvalue weighted by Crippen LogP contribution is -2.29. The van der Waals surface area contributed by atoms with Gasteiger partial charge in [0.1, 0.15) is 17.2 Å². The molecule has 3 rings (SSSR count). The number of aliphatic hydroxyl groups excluding tert-OH is 1. The van der Waals surface area contributed by atoms with Crippen LogP contribution in [0.3, 0.4) is 0 Å². The normalized spacial score (nSPS) is 16.8. The SMILES string of the molecule is COc1ccc(OC)c([C@@H]2CCN(C(=O)c3cccc(CO)n3)C2)c1. The molecule has 1 aromatic carbocycles. The first kappa shape index (κ1) is 17.2. The van der Waals surface area contributed by atoms with Crippen LogP contribution in [-0.4, -0.2) is 48.2 Å². The van der Waals surface area contributed by atoms with E-state index in [-0.39, 0.29) is 18.4 Å². The van der Waals surface area contributed by atoms with E-state index in [9.17, 15) is 9.90 Å². The van der Waals surface area contributed by atoms with Gasteiger partial charge in [-0.05, 0) is 36.8 Å². The number of nitrogens with zero attached hydrogens (tertiary/aromatic N) is 2. The summed E-state index contributed by atoms with van der Waals surface area (Å²) in [4.78, 5) is 18.7. The molecule has 0 spiro atoms. The predicted octanol–water partition coefficient (Wildman–Crippen LogP) is 2.22. The number of likely N-dealkylation sites (tertiary alicyclic amines) is 1. The van der Waals surface area contributed by atoms with Crippen molar-refractivity contribution in [1.82, 2.24) is 9.88 Å². The number of carbonyl (C=O) groups excluding carboxylic acids is 1. The fraction of sp³-hybridized carbons (Fsp3) is 0.368. The third kappa shape index (κ3) is 3.58. The first-order valence-electron chi connectivity index (χ1n) is 8.24. The minimum atomic E-state index is -0.176. The van der Waals surface area contributed by atoms with E-state index in [1.54, 1.807) is 37.3 Å². The van der Waals surface area contributed by atoms with Gasteiger partial charge in [-0.15, -0.1) is 0 Å². The Labute approximate surface area is 147 Å². The van der Waals surface area contributed by atoms with Gasteiger partial charge in [-0.1, -0.05) is 6.07 Å². The Morgan fingerprint density at radius 3 is 2.84 bits per heavy atom. The second-order valence-electron chi connectivity index (χ2n) is 6.02. The average Bonchev–Trinajstić information content (AvgIpc) is 3.16. The zero-order valence-electron chi connectivity index (χ0n) is 14.4. The molecule has 1 amide bonds.